The highest BCUT2D eigenvalue weighted by atomic mass is 16.6. The van der Waals surface area contributed by atoms with Crippen molar-refractivity contribution in [1.29, 1.82) is 0 Å². The highest BCUT2D eigenvalue weighted by molar-refractivity contribution is 6.39. The molecule has 1 aromatic rings. The maximum Gasteiger partial charge on any atom is 0.294 e. The van der Waals surface area contributed by atoms with Crippen LogP contribution in [0.15, 0.2) is 29.4 Å². The molecule has 1 N–H and O–H groups in total. The molecule has 0 heterocycles. The largest absolute Gasteiger partial charge is 0.294 e. The summed E-state index contributed by atoms with van der Waals surface area (Å²) in [6.45, 7) is 3.56. The number of carbonyl (C=O) groups is 1. The van der Waals surface area contributed by atoms with Crippen molar-refractivity contribution in [3.8, 4) is 0 Å². The Labute approximate surface area is 105 Å². The normalized spacial score (nSPS) is 11.1. The second-order valence-electron chi connectivity index (χ2n) is 3.57. The van der Waals surface area contributed by atoms with Crippen molar-refractivity contribution in [3.05, 3.63) is 34.4 Å². The molecule has 0 fully saturated rings. The highest BCUT2D eigenvalue weighted by Crippen LogP contribution is 2.23. The quantitative estimate of drug-likeness (QED) is 0.477. The zero-order valence-corrected chi connectivity index (χ0v) is 10.3. The summed E-state index contributed by atoms with van der Waals surface area (Å²) in [5.74, 6) is -0.0661. The molecule has 1 aromatic carbocycles. The number of hydrazone groups is 1. The summed E-state index contributed by atoms with van der Waals surface area (Å²) in [6, 6.07) is 6.17. The molecule has 0 aliphatic carbocycles. The topological polar surface area (TPSA) is 84.6 Å². The van der Waals surface area contributed by atoms with Gasteiger partial charge in [-0.05, 0) is 12.5 Å². The number of nitrogens with zero attached hydrogens (tertiary/aromatic N) is 2. The zero-order valence-electron chi connectivity index (χ0n) is 10.3. The number of nitro benzene ring substituents is 1. The van der Waals surface area contributed by atoms with Crippen molar-refractivity contribution in [3.63, 3.8) is 0 Å². The highest BCUT2D eigenvalue weighted by Gasteiger charge is 2.12. The third-order valence-electron chi connectivity index (χ3n) is 2.39. The van der Waals surface area contributed by atoms with Crippen LogP contribution in [0.1, 0.15) is 26.7 Å². The summed E-state index contributed by atoms with van der Waals surface area (Å²) in [7, 11) is 0. The molecule has 6 heteroatoms. The van der Waals surface area contributed by atoms with Crippen LogP contribution in [-0.4, -0.2) is 16.4 Å². The molecule has 0 amide bonds. The van der Waals surface area contributed by atoms with Gasteiger partial charge in [0.1, 0.15) is 11.4 Å². The van der Waals surface area contributed by atoms with E-state index in [0.717, 1.165) is 0 Å². The van der Waals surface area contributed by atoms with E-state index in [1.54, 1.807) is 25.1 Å². The summed E-state index contributed by atoms with van der Waals surface area (Å²) in [5, 5.41) is 14.7. The van der Waals surface area contributed by atoms with Gasteiger partial charge < -0.3 is 0 Å². The van der Waals surface area contributed by atoms with E-state index < -0.39 is 4.92 Å². The molecule has 0 saturated carbocycles. The van der Waals surface area contributed by atoms with Gasteiger partial charge >= 0.3 is 0 Å². The van der Waals surface area contributed by atoms with E-state index >= 15 is 0 Å². The fourth-order valence-electron chi connectivity index (χ4n) is 1.40. The van der Waals surface area contributed by atoms with Gasteiger partial charge in [0.15, 0.2) is 5.78 Å². The maximum absolute atomic E-state index is 11.5. The SMILES string of the molecule is CCC(=O)/C(CC)=N/Nc1ccccc1[N+](=O)[O-]. The van der Waals surface area contributed by atoms with Gasteiger partial charge in [0.05, 0.1) is 4.92 Å². The first kappa shape index (κ1) is 13.8. The van der Waals surface area contributed by atoms with E-state index in [1.165, 1.54) is 6.07 Å². The van der Waals surface area contributed by atoms with E-state index in [4.69, 9.17) is 0 Å². The average Bonchev–Trinajstić information content (AvgIpc) is 2.39. The first-order valence-corrected chi connectivity index (χ1v) is 5.69. The van der Waals surface area contributed by atoms with Crippen LogP contribution in [-0.2, 0) is 4.79 Å². The van der Waals surface area contributed by atoms with Crippen molar-refractivity contribution < 1.29 is 9.72 Å². The van der Waals surface area contributed by atoms with Gasteiger partial charge in [-0.2, -0.15) is 5.10 Å². The Morgan fingerprint density at radius 3 is 2.56 bits per heavy atom. The Balaban J connectivity index is 2.94. The number of benzene rings is 1. The van der Waals surface area contributed by atoms with Crippen molar-refractivity contribution in [2.45, 2.75) is 26.7 Å². The number of hydrogen-bond acceptors (Lipinski definition) is 5. The van der Waals surface area contributed by atoms with Crippen LogP contribution in [0.25, 0.3) is 0 Å². The van der Waals surface area contributed by atoms with Gasteiger partial charge in [-0.25, -0.2) is 0 Å². The zero-order chi connectivity index (χ0) is 13.5. The summed E-state index contributed by atoms with van der Waals surface area (Å²) < 4.78 is 0. The molecular formula is C12H15N3O3. The van der Waals surface area contributed by atoms with Crippen LogP contribution in [0.5, 0.6) is 0 Å². The molecule has 0 saturated heterocycles. The molecule has 18 heavy (non-hydrogen) atoms. The molecule has 1 rings (SSSR count). The summed E-state index contributed by atoms with van der Waals surface area (Å²) in [5.41, 5.74) is 3.18. The van der Waals surface area contributed by atoms with Crippen LogP contribution in [0, 0.1) is 10.1 Å². The molecule has 0 aliphatic heterocycles. The lowest BCUT2D eigenvalue weighted by atomic mass is 10.1. The first-order chi connectivity index (χ1) is 8.60. The molecule has 0 unspecified atom stereocenters. The number of Topliss-reactive ketones (excluding diaryl/α,β-unsaturated/α-hetero) is 1. The van der Waals surface area contributed by atoms with Crippen LogP contribution < -0.4 is 5.43 Å². The maximum atomic E-state index is 11.5. The van der Waals surface area contributed by atoms with Crippen LogP contribution in [0.4, 0.5) is 11.4 Å². The number of para-hydroxylation sites is 2. The second-order valence-corrected chi connectivity index (χ2v) is 3.57. The molecule has 0 atom stereocenters. The van der Waals surface area contributed by atoms with Gasteiger partial charge in [-0.3, -0.25) is 20.3 Å². The van der Waals surface area contributed by atoms with E-state index in [0.29, 0.717) is 18.6 Å². The standard InChI is InChI=1S/C12H15N3O3/c1-3-9(12(16)4-2)13-14-10-7-5-6-8-11(10)15(17)18/h5-8,14H,3-4H2,1-2H3/b13-9+. The smallest absolute Gasteiger partial charge is 0.293 e. The summed E-state index contributed by atoms with van der Waals surface area (Å²) in [6.07, 6.45) is 0.853. The monoisotopic (exact) mass is 249 g/mol. The number of ketones is 1. The Morgan fingerprint density at radius 1 is 1.33 bits per heavy atom. The minimum atomic E-state index is -0.495. The lowest BCUT2D eigenvalue weighted by Gasteiger charge is -2.04. The molecule has 0 spiro atoms. The molecule has 96 valence electrons. The third kappa shape index (κ3) is 3.38. The van der Waals surface area contributed by atoms with Crippen molar-refractivity contribution in [2.75, 3.05) is 5.43 Å². The number of rotatable bonds is 6. The minimum absolute atomic E-state index is 0.0661. The number of carbonyl (C=O) groups excluding carboxylic acids is 1. The van der Waals surface area contributed by atoms with Gasteiger partial charge in [0.25, 0.3) is 5.69 Å². The van der Waals surface area contributed by atoms with Gasteiger partial charge in [0.2, 0.25) is 0 Å². The van der Waals surface area contributed by atoms with E-state index in [-0.39, 0.29) is 17.2 Å². The summed E-state index contributed by atoms with van der Waals surface area (Å²) in [4.78, 5) is 21.8. The van der Waals surface area contributed by atoms with Gasteiger partial charge in [0, 0.05) is 12.5 Å². The third-order valence-corrected chi connectivity index (χ3v) is 2.39. The minimum Gasteiger partial charge on any atom is -0.293 e. The predicted molar refractivity (Wildman–Crippen MR) is 69.7 cm³/mol. The van der Waals surface area contributed by atoms with Crippen molar-refractivity contribution in [2.24, 2.45) is 5.10 Å². The average molecular weight is 249 g/mol. The molecule has 0 aromatic heterocycles. The molecule has 0 radical (unpaired) electrons. The summed E-state index contributed by atoms with van der Waals surface area (Å²) >= 11 is 0. The Morgan fingerprint density at radius 2 is 2.00 bits per heavy atom. The van der Waals surface area contributed by atoms with Crippen LogP contribution >= 0.6 is 0 Å². The predicted octanol–water partition coefficient (Wildman–Crippen LogP) is 2.75. The molecule has 0 bridgehead atoms. The Bertz CT molecular complexity index is 483. The Kier molecular flexibility index (Phi) is 4.98. The van der Waals surface area contributed by atoms with Crippen LogP contribution in [0.3, 0.4) is 0 Å². The number of nitrogens with one attached hydrogen (secondary N) is 1. The second kappa shape index (κ2) is 6.48. The van der Waals surface area contributed by atoms with Crippen LogP contribution in [0.2, 0.25) is 0 Å². The van der Waals surface area contributed by atoms with Gasteiger partial charge in [-0.1, -0.05) is 26.0 Å². The van der Waals surface area contributed by atoms with E-state index in [1.807, 2.05) is 6.92 Å². The number of anilines is 1. The fraction of sp³-hybridized carbons (Fsp3) is 0.333. The number of nitro groups is 1. The fourth-order valence-corrected chi connectivity index (χ4v) is 1.40. The molecule has 6 nitrogen and oxygen atoms in total. The number of hydrogen-bond donors (Lipinski definition) is 1. The Hall–Kier alpha value is -2.24. The van der Waals surface area contributed by atoms with E-state index in [9.17, 15) is 14.9 Å². The molecular weight excluding hydrogens is 234 g/mol. The van der Waals surface area contributed by atoms with Crippen molar-refractivity contribution in [1.82, 2.24) is 0 Å². The van der Waals surface area contributed by atoms with Gasteiger partial charge in [-0.15, -0.1) is 0 Å². The molecule has 0 aliphatic rings. The van der Waals surface area contributed by atoms with E-state index in [2.05, 4.69) is 10.5 Å². The van der Waals surface area contributed by atoms with Crippen molar-refractivity contribution >= 4 is 22.9 Å². The lowest BCUT2D eigenvalue weighted by molar-refractivity contribution is -0.384. The first-order valence-electron chi connectivity index (χ1n) is 5.69. The lowest BCUT2D eigenvalue weighted by Crippen LogP contribution is -2.13.